The summed E-state index contributed by atoms with van der Waals surface area (Å²) >= 11 is 0. The number of likely N-dealkylation sites (tertiary alicyclic amines) is 1. The fraction of sp³-hybridized carbons (Fsp3) is 0.286. The van der Waals surface area contributed by atoms with Crippen molar-refractivity contribution in [3.8, 4) is 11.3 Å². The minimum atomic E-state index is -0.326. The molecule has 3 N–H and O–H groups in total. The molecule has 6 heteroatoms. The van der Waals surface area contributed by atoms with Gasteiger partial charge >= 0.3 is 6.03 Å². The largest absolute Gasteiger partial charge is 0.354 e. The van der Waals surface area contributed by atoms with Crippen LogP contribution in [0.5, 0.6) is 0 Å². The Bertz CT molecular complexity index is 950. The van der Waals surface area contributed by atoms with Crippen LogP contribution >= 0.6 is 0 Å². The number of piperidine rings is 1. The fourth-order valence-electron chi connectivity index (χ4n) is 3.55. The van der Waals surface area contributed by atoms with Crippen molar-refractivity contribution in [2.75, 3.05) is 25.0 Å². The van der Waals surface area contributed by atoms with Crippen LogP contribution in [0.2, 0.25) is 0 Å². The lowest BCUT2D eigenvalue weighted by Crippen LogP contribution is -2.42. The van der Waals surface area contributed by atoms with Crippen molar-refractivity contribution < 1.29 is 4.79 Å². The van der Waals surface area contributed by atoms with Crippen molar-refractivity contribution in [3.63, 3.8) is 0 Å². The van der Waals surface area contributed by atoms with Gasteiger partial charge in [0.2, 0.25) is 5.95 Å². The second-order valence-electron chi connectivity index (χ2n) is 6.98. The van der Waals surface area contributed by atoms with E-state index < -0.39 is 0 Å². The first kappa shape index (κ1) is 17.3. The molecule has 27 heavy (non-hydrogen) atoms. The van der Waals surface area contributed by atoms with Gasteiger partial charge in [-0.2, -0.15) is 0 Å². The highest BCUT2D eigenvalue weighted by Crippen LogP contribution is 2.24. The number of rotatable bonds is 4. The van der Waals surface area contributed by atoms with Gasteiger partial charge < -0.3 is 16.0 Å². The molecule has 1 aliphatic rings. The lowest BCUT2D eigenvalue weighted by Gasteiger charge is -2.30. The van der Waals surface area contributed by atoms with Gasteiger partial charge in [-0.05, 0) is 41.7 Å². The van der Waals surface area contributed by atoms with Gasteiger partial charge in [-0.1, -0.05) is 36.4 Å². The number of nitrogens with zero attached hydrogens (tertiary/aromatic N) is 3. The Labute approximate surface area is 158 Å². The molecule has 0 aliphatic carbocycles. The summed E-state index contributed by atoms with van der Waals surface area (Å²) in [4.78, 5) is 21.9. The molecule has 1 saturated heterocycles. The topological polar surface area (TPSA) is 84.1 Å². The standard InChI is InChI=1S/C21H23N5O/c22-20(27)26-11-8-15(9-12-26)14-24-21-23-10-7-19(25-21)18-6-5-16-3-1-2-4-17(16)13-18/h1-7,10,13,15H,8-9,11-12,14H2,(H2,22,27)(H,23,24,25). The van der Waals surface area contributed by atoms with E-state index in [1.807, 2.05) is 18.2 Å². The van der Waals surface area contributed by atoms with Crippen LogP contribution in [0.25, 0.3) is 22.0 Å². The Morgan fingerprint density at radius 3 is 2.67 bits per heavy atom. The van der Waals surface area contributed by atoms with Crippen molar-refractivity contribution in [3.05, 3.63) is 54.7 Å². The molecule has 0 atom stereocenters. The summed E-state index contributed by atoms with van der Waals surface area (Å²) in [5.74, 6) is 1.13. The van der Waals surface area contributed by atoms with Gasteiger partial charge in [0.1, 0.15) is 0 Å². The maximum atomic E-state index is 11.2. The third kappa shape index (κ3) is 4.00. The second kappa shape index (κ2) is 7.61. The van der Waals surface area contributed by atoms with Gasteiger partial charge in [0.25, 0.3) is 0 Å². The van der Waals surface area contributed by atoms with Crippen molar-refractivity contribution in [1.29, 1.82) is 0 Å². The van der Waals surface area contributed by atoms with Crippen LogP contribution in [0.4, 0.5) is 10.7 Å². The first-order valence-electron chi connectivity index (χ1n) is 9.29. The minimum absolute atomic E-state index is 0.326. The molecule has 1 aliphatic heterocycles. The van der Waals surface area contributed by atoms with Crippen LogP contribution < -0.4 is 11.1 Å². The molecule has 0 spiro atoms. The number of nitrogens with one attached hydrogen (secondary N) is 1. The first-order valence-corrected chi connectivity index (χ1v) is 9.29. The highest BCUT2D eigenvalue weighted by molar-refractivity contribution is 5.86. The zero-order valence-corrected chi connectivity index (χ0v) is 15.1. The zero-order chi connectivity index (χ0) is 18.6. The molecule has 2 aromatic carbocycles. The highest BCUT2D eigenvalue weighted by atomic mass is 16.2. The molecule has 1 aromatic heterocycles. The molecule has 6 nitrogen and oxygen atoms in total. The molecular weight excluding hydrogens is 338 g/mol. The summed E-state index contributed by atoms with van der Waals surface area (Å²) in [6.45, 7) is 2.24. The molecule has 2 amide bonds. The molecular formula is C21H23N5O. The van der Waals surface area contributed by atoms with Gasteiger partial charge in [0.15, 0.2) is 0 Å². The van der Waals surface area contributed by atoms with E-state index in [0.717, 1.165) is 43.7 Å². The maximum absolute atomic E-state index is 11.2. The highest BCUT2D eigenvalue weighted by Gasteiger charge is 2.21. The van der Waals surface area contributed by atoms with Crippen molar-refractivity contribution in [2.45, 2.75) is 12.8 Å². The smallest absolute Gasteiger partial charge is 0.314 e. The number of amides is 2. The molecule has 3 aromatic rings. The number of nitrogens with two attached hydrogens (primary N) is 1. The molecule has 0 radical (unpaired) electrons. The quantitative estimate of drug-likeness (QED) is 0.745. The summed E-state index contributed by atoms with van der Waals surface area (Å²) in [6.07, 6.45) is 3.68. The van der Waals surface area contributed by atoms with Crippen molar-refractivity contribution in [2.24, 2.45) is 11.7 Å². The number of hydrogen-bond donors (Lipinski definition) is 2. The van der Waals surface area contributed by atoms with Crippen LogP contribution in [0.1, 0.15) is 12.8 Å². The predicted molar refractivity (Wildman–Crippen MR) is 107 cm³/mol. The van der Waals surface area contributed by atoms with Crippen LogP contribution in [0.3, 0.4) is 0 Å². The van der Waals surface area contributed by atoms with Gasteiger partial charge in [-0.15, -0.1) is 0 Å². The molecule has 0 unspecified atom stereocenters. The van der Waals surface area contributed by atoms with Crippen LogP contribution in [-0.4, -0.2) is 40.5 Å². The monoisotopic (exact) mass is 361 g/mol. The summed E-state index contributed by atoms with van der Waals surface area (Å²) in [7, 11) is 0. The average Bonchev–Trinajstić information content (AvgIpc) is 2.72. The Kier molecular flexibility index (Phi) is 4.87. The second-order valence-corrected chi connectivity index (χ2v) is 6.98. The number of urea groups is 1. The number of aromatic nitrogens is 2. The fourth-order valence-corrected chi connectivity index (χ4v) is 3.55. The average molecular weight is 361 g/mol. The lowest BCUT2D eigenvalue weighted by atomic mass is 9.97. The molecule has 1 fully saturated rings. The number of fused-ring (bicyclic) bond motifs is 1. The van der Waals surface area contributed by atoms with E-state index in [0.29, 0.717) is 11.9 Å². The number of benzene rings is 2. The Balaban J connectivity index is 1.42. The van der Waals surface area contributed by atoms with Gasteiger partial charge in [-0.3, -0.25) is 0 Å². The van der Waals surface area contributed by atoms with Crippen LogP contribution in [0.15, 0.2) is 54.7 Å². The van der Waals surface area contributed by atoms with E-state index in [9.17, 15) is 4.79 Å². The molecule has 0 saturated carbocycles. The summed E-state index contributed by atoms with van der Waals surface area (Å²) in [5.41, 5.74) is 7.32. The third-order valence-electron chi connectivity index (χ3n) is 5.18. The number of primary amides is 1. The van der Waals surface area contributed by atoms with Crippen LogP contribution in [-0.2, 0) is 0 Å². The van der Waals surface area contributed by atoms with E-state index in [2.05, 4.69) is 45.6 Å². The molecule has 2 heterocycles. The maximum Gasteiger partial charge on any atom is 0.314 e. The Morgan fingerprint density at radius 1 is 1.11 bits per heavy atom. The number of carbonyl (C=O) groups excluding carboxylic acids is 1. The summed E-state index contributed by atoms with van der Waals surface area (Å²) in [5, 5.41) is 5.77. The number of anilines is 1. The Morgan fingerprint density at radius 2 is 1.89 bits per heavy atom. The normalized spacial score (nSPS) is 15.0. The molecule has 0 bridgehead atoms. The SMILES string of the molecule is NC(=O)N1CCC(CNc2nccc(-c3ccc4ccccc4c3)n2)CC1. The summed E-state index contributed by atoms with van der Waals surface area (Å²) in [6, 6.07) is 16.3. The van der Waals surface area contributed by atoms with E-state index in [1.165, 1.54) is 10.8 Å². The first-order chi connectivity index (χ1) is 13.2. The van der Waals surface area contributed by atoms with Gasteiger partial charge in [0, 0.05) is 31.4 Å². The molecule has 138 valence electrons. The zero-order valence-electron chi connectivity index (χ0n) is 15.1. The molecule has 4 rings (SSSR count). The Hall–Kier alpha value is -3.15. The third-order valence-corrected chi connectivity index (χ3v) is 5.18. The van der Waals surface area contributed by atoms with Crippen molar-refractivity contribution in [1.82, 2.24) is 14.9 Å². The van der Waals surface area contributed by atoms with Crippen molar-refractivity contribution >= 4 is 22.8 Å². The summed E-state index contributed by atoms with van der Waals surface area (Å²) < 4.78 is 0. The lowest BCUT2D eigenvalue weighted by molar-refractivity contribution is 0.181. The van der Waals surface area contributed by atoms with E-state index in [-0.39, 0.29) is 6.03 Å². The van der Waals surface area contributed by atoms with Gasteiger partial charge in [0.05, 0.1) is 5.69 Å². The minimum Gasteiger partial charge on any atom is -0.354 e. The van der Waals surface area contributed by atoms with E-state index in [4.69, 9.17) is 5.73 Å². The predicted octanol–water partition coefficient (Wildman–Crippen LogP) is 3.50. The van der Waals surface area contributed by atoms with E-state index in [1.54, 1.807) is 11.1 Å². The van der Waals surface area contributed by atoms with E-state index >= 15 is 0 Å². The number of hydrogen-bond acceptors (Lipinski definition) is 4. The van der Waals surface area contributed by atoms with Crippen LogP contribution in [0, 0.1) is 5.92 Å². The number of carbonyl (C=O) groups is 1. The van der Waals surface area contributed by atoms with Gasteiger partial charge in [-0.25, -0.2) is 14.8 Å².